The molecule has 0 spiro atoms. The van der Waals surface area contributed by atoms with Gasteiger partial charge in [-0.2, -0.15) is 8.42 Å². The number of aliphatic hydroxyl groups excluding tert-OH is 3. The maximum atomic E-state index is 12.9. The number of aliphatic hydroxyl groups is 3. The fourth-order valence-electron chi connectivity index (χ4n) is 8.45. The van der Waals surface area contributed by atoms with E-state index in [4.69, 9.17) is 18.9 Å². The van der Waals surface area contributed by atoms with E-state index in [0.29, 0.717) is 13.0 Å². The van der Waals surface area contributed by atoms with Crippen LogP contribution in [0.1, 0.15) is 239 Å². The van der Waals surface area contributed by atoms with Gasteiger partial charge >= 0.3 is 16.4 Å². The summed E-state index contributed by atoms with van der Waals surface area (Å²) < 4.78 is 59.3. The van der Waals surface area contributed by atoms with Crippen molar-refractivity contribution in [2.24, 2.45) is 0 Å². The SMILES string of the molecule is CC/C=C\C/C=C\C/C=C\CCCCCCCCCCOCC(COC1OC(CO)C(O)C(OS(=O)(=O)O)C1O)OC(=O)CCCCCCCCCCCCCCCCCCCCCCCC. The van der Waals surface area contributed by atoms with Gasteiger partial charge in [0.05, 0.1) is 19.8 Å². The Kier molecular flexibility index (Phi) is 43.0. The summed E-state index contributed by atoms with van der Waals surface area (Å²) in [6, 6.07) is 0. The van der Waals surface area contributed by atoms with Gasteiger partial charge in [-0.25, -0.2) is 4.18 Å². The van der Waals surface area contributed by atoms with Gasteiger partial charge in [-0.3, -0.25) is 9.35 Å². The zero-order valence-electron chi connectivity index (χ0n) is 42.5. The van der Waals surface area contributed by atoms with E-state index in [1.165, 1.54) is 148 Å². The lowest BCUT2D eigenvalue weighted by molar-refractivity contribution is -0.301. The third kappa shape index (κ3) is 38.7. The van der Waals surface area contributed by atoms with E-state index in [1.807, 2.05) is 0 Å². The highest BCUT2D eigenvalue weighted by Crippen LogP contribution is 2.26. The smallest absolute Gasteiger partial charge is 0.397 e. The average molecular weight is 973 g/mol. The minimum absolute atomic E-state index is 0.0337. The van der Waals surface area contributed by atoms with Crippen LogP contribution in [0, 0.1) is 0 Å². The van der Waals surface area contributed by atoms with Crippen molar-refractivity contribution in [3.63, 3.8) is 0 Å². The van der Waals surface area contributed by atoms with E-state index in [1.54, 1.807) is 0 Å². The minimum atomic E-state index is -5.07. The molecule has 1 aliphatic rings. The molecule has 1 aliphatic heterocycles. The molecule has 13 heteroatoms. The van der Waals surface area contributed by atoms with Crippen LogP contribution in [0.3, 0.4) is 0 Å². The molecule has 0 aromatic heterocycles. The highest BCUT2D eigenvalue weighted by atomic mass is 32.3. The first-order valence-corrected chi connectivity index (χ1v) is 28.6. The summed E-state index contributed by atoms with van der Waals surface area (Å²) in [6.45, 7) is 3.91. The maximum absolute atomic E-state index is 12.9. The molecule has 12 nitrogen and oxygen atoms in total. The first-order chi connectivity index (χ1) is 32.6. The van der Waals surface area contributed by atoms with E-state index in [9.17, 15) is 33.1 Å². The summed E-state index contributed by atoms with van der Waals surface area (Å²) in [4.78, 5) is 12.9. The number of hydrogen-bond donors (Lipinski definition) is 4. The topological polar surface area (TPSA) is 178 Å². The number of allylic oxidation sites excluding steroid dienone is 6. The average Bonchev–Trinajstić information content (AvgIpc) is 3.30. The van der Waals surface area contributed by atoms with E-state index < -0.39 is 59.8 Å². The van der Waals surface area contributed by atoms with Crippen molar-refractivity contribution in [3.8, 4) is 0 Å². The van der Waals surface area contributed by atoms with E-state index >= 15 is 0 Å². The molecule has 6 unspecified atom stereocenters. The van der Waals surface area contributed by atoms with Gasteiger partial charge in [0, 0.05) is 13.0 Å². The fraction of sp³-hybridized carbons (Fsp3) is 0.870. The van der Waals surface area contributed by atoms with Gasteiger partial charge in [0.1, 0.15) is 30.5 Å². The maximum Gasteiger partial charge on any atom is 0.397 e. The normalized spacial score (nSPS) is 19.6. The first kappa shape index (κ1) is 63.3. The molecule has 0 saturated carbocycles. The molecule has 1 saturated heterocycles. The monoisotopic (exact) mass is 973 g/mol. The molecule has 67 heavy (non-hydrogen) atoms. The molecule has 0 aliphatic carbocycles. The van der Waals surface area contributed by atoms with Crippen LogP contribution in [0.5, 0.6) is 0 Å². The van der Waals surface area contributed by atoms with Crippen LogP contribution >= 0.6 is 0 Å². The van der Waals surface area contributed by atoms with Crippen molar-refractivity contribution in [1.82, 2.24) is 0 Å². The largest absolute Gasteiger partial charge is 0.457 e. The molecule has 0 bridgehead atoms. The van der Waals surface area contributed by atoms with Crippen LogP contribution in [0.15, 0.2) is 36.5 Å². The lowest BCUT2D eigenvalue weighted by Gasteiger charge is -2.41. The summed E-state index contributed by atoms with van der Waals surface area (Å²) in [6.07, 6.45) is 46.1. The Hall–Kier alpha value is -1.68. The number of esters is 1. The van der Waals surface area contributed by atoms with Crippen LogP contribution < -0.4 is 0 Å². The number of hydrogen-bond acceptors (Lipinski definition) is 11. The third-order valence-electron chi connectivity index (χ3n) is 12.5. The summed E-state index contributed by atoms with van der Waals surface area (Å²) in [7, 11) is -5.07. The molecule has 1 heterocycles. The standard InChI is InChI=1S/C54H100O12S/c1-3-5-7-9-11-13-15-17-19-21-23-24-25-26-27-29-31-33-35-37-39-41-43-50(56)64-48(47-63-54-52(58)53(66-67(59,60)61)51(57)49(45-55)65-54)46-62-44-42-40-38-36-34-32-30-28-22-20-18-16-14-12-10-8-6-4-2/h6,8,12,14,18,20,48-49,51-55,57-58H,3-5,7,9-11,13,15-17,19,21-47H2,1-2H3,(H,59,60,61)/b8-6-,14-12-,20-18-. The lowest BCUT2D eigenvalue weighted by Crippen LogP contribution is -2.60. The zero-order chi connectivity index (χ0) is 48.9. The molecule has 6 atom stereocenters. The van der Waals surface area contributed by atoms with Crippen LogP contribution in [0.2, 0.25) is 0 Å². The van der Waals surface area contributed by atoms with E-state index in [2.05, 4.69) is 54.5 Å². The van der Waals surface area contributed by atoms with E-state index in [0.717, 1.165) is 64.2 Å². The first-order valence-electron chi connectivity index (χ1n) is 27.2. The summed E-state index contributed by atoms with van der Waals surface area (Å²) >= 11 is 0. The Balaban J connectivity index is 2.32. The highest BCUT2D eigenvalue weighted by molar-refractivity contribution is 7.80. The summed E-state index contributed by atoms with van der Waals surface area (Å²) in [5.41, 5.74) is 0. The predicted octanol–water partition coefficient (Wildman–Crippen LogP) is 12.9. The second kappa shape index (κ2) is 45.5. The van der Waals surface area contributed by atoms with Crippen LogP contribution in [0.25, 0.3) is 0 Å². The number of carbonyl (C=O) groups excluding carboxylic acids is 1. The molecule has 4 N–H and O–H groups in total. The molecular weight excluding hydrogens is 873 g/mol. The van der Waals surface area contributed by atoms with Gasteiger partial charge in [0.2, 0.25) is 0 Å². The lowest BCUT2D eigenvalue weighted by atomic mass is 9.99. The Labute approximate surface area is 409 Å². The van der Waals surface area contributed by atoms with Crippen LogP contribution in [-0.2, 0) is 38.3 Å². The molecule has 394 valence electrons. The number of carbonyl (C=O) groups is 1. The van der Waals surface area contributed by atoms with Crippen molar-refractivity contribution in [1.29, 1.82) is 0 Å². The third-order valence-corrected chi connectivity index (χ3v) is 13.0. The quantitative estimate of drug-likeness (QED) is 0.0197. The highest BCUT2D eigenvalue weighted by Gasteiger charge is 2.48. The van der Waals surface area contributed by atoms with Crippen LogP contribution in [0.4, 0.5) is 0 Å². The fourth-order valence-corrected chi connectivity index (χ4v) is 8.96. The summed E-state index contributed by atoms with van der Waals surface area (Å²) in [5, 5.41) is 30.8. The molecule has 1 rings (SSSR count). The Morgan fingerprint density at radius 3 is 1.51 bits per heavy atom. The van der Waals surface area contributed by atoms with Gasteiger partial charge < -0.3 is 34.3 Å². The van der Waals surface area contributed by atoms with Crippen LogP contribution in [-0.4, -0.2) is 97.5 Å². The Morgan fingerprint density at radius 2 is 1.03 bits per heavy atom. The molecule has 0 aromatic carbocycles. The minimum Gasteiger partial charge on any atom is -0.457 e. The summed E-state index contributed by atoms with van der Waals surface area (Å²) in [5.74, 6) is -0.397. The van der Waals surface area contributed by atoms with Gasteiger partial charge in [0.15, 0.2) is 6.29 Å². The van der Waals surface area contributed by atoms with Gasteiger partial charge in [0.25, 0.3) is 0 Å². The molecule has 0 amide bonds. The molecule has 0 aromatic rings. The number of ether oxygens (including phenoxy) is 4. The number of rotatable bonds is 48. The van der Waals surface area contributed by atoms with Gasteiger partial charge in [-0.1, -0.05) is 224 Å². The van der Waals surface area contributed by atoms with Crippen molar-refractivity contribution in [2.45, 2.75) is 275 Å². The predicted molar refractivity (Wildman–Crippen MR) is 271 cm³/mol. The Bertz CT molecular complexity index is 1310. The van der Waals surface area contributed by atoms with Crippen molar-refractivity contribution in [3.05, 3.63) is 36.5 Å². The van der Waals surface area contributed by atoms with Crippen molar-refractivity contribution < 1.29 is 56.2 Å². The van der Waals surface area contributed by atoms with E-state index in [-0.39, 0.29) is 19.6 Å². The zero-order valence-corrected chi connectivity index (χ0v) is 43.3. The van der Waals surface area contributed by atoms with Gasteiger partial charge in [-0.15, -0.1) is 0 Å². The van der Waals surface area contributed by atoms with Gasteiger partial charge in [-0.05, 0) is 44.9 Å². The number of unbranched alkanes of at least 4 members (excludes halogenated alkanes) is 29. The Morgan fingerprint density at radius 1 is 0.582 bits per heavy atom. The van der Waals surface area contributed by atoms with Crippen molar-refractivity contribution in [2.75, 3.05) is 26.4 Å². The molecule has 1 fully saturated rings. The second-order valence-corrected chi connectivity index (χ2v) is 19.8. The second-order valence-electron chi connectivity index (χ2n) is 18.8. The molecular formula is C54H100O12S. The van der Waals surface area contributed by atoms with Crippen molar-refractivity contribution >= 4 is 16.4 Å². The molecule has 0 radical (unpaired) electrons.